The lowest BCUT2D eigenvalue weighted by molar-refractivity contribution is 0.328. The summed E-state index contributed by atoms with van der Waals surface area (Å²) in [4.78, 5) is 4.17. The Morgan fingerprint density at radius 1 is 1.47 bits per heavy atom. The molecule has 0 saturated heterocycles. The summed E-state index contributed by atoms with van der Waals surface area (Å²) in [5, 5.41) is 3.69. The lowest BCUT2D eigenvalue weighted by Gasteiger charge is -2.11. The molecule has 0 aromatic heterocycles. The van der Waals surface area contributed by atoms with E-state index in [1.165, 1.54) is 0 Å². The van der Waals surface area contributed by atoms with E-state index >= 15 is 0 Å². The van der Waals surface area contributed by atoms with E-state index in [1.807, 2.05) is 18.2 Å². The Balaban J connectivity index is 0.00000324. The van der Waals surface area contributed by atoms with Gasteiger partial charge in [-0.15, -0.1) is 24.0 Å². The lowest BCUT2D eigenvalue weighted by Crippen LogP contribution is -2.38. The first-order valence-electron chi connectivity index (χ1n) is 6.07. The second kappa shape index (κ2) is 10.1. The molecule has 1 aromatic rings. The number of aliphatic imine (C=N–C) groups is 1. The summed E-state index contributed by atoms with van der Waals surface area (Å²) in [6.07, 6.45) is 1.01. The fraction of sp³-hybridized carbons (Fsp3) is 0.462. The number of benzene rings is 1. The minimum absolute atomic E-state index is 0. The van der Waals surface area contributed by atoms with E-state index in [9.17, 15) is 0 Å². The summed E-state index contributed by atoms with van der Waals surface area (Å²) in [7, 11) is 0. The molecule has 1 unspecified atom stereocenters. The summed E-state index contributed by atoms with van der Waals surface area (Å²) < 4.78 is 5.50. The Labute approximate surface area is 136 Å². The minimum atomic E-state index is 0. The van der Waals surface area contributed by atoms with Crippen molar-refractivity contribution in [3.05, 3.63) is 29.3 Å². The summed E-state index contributed by atoms with van der Waals surface area (Å²) in [5.74, 6) is 1.12. The fourth-order valence-electron chi connectivity index (χ4n) is 1.28. The molecule has 0 bridgehead atoms. The molecule has 0 fully saturated rings. The maximum absolute atomic E-state index is 5.96. The van der Waals surface area contributed by atoms with Crippen LogP contribution in [0.2, 0.25) is 5.02 Å². The highest BCUT2D eigenvalue weighted by Crippen LogP contribution is 2.22. The average Bonchev–Trinajstić information content (AvgIpc) is 2.36. The Morgan fingerprint density at radius 3 is 2.79 bits per heavy atom. The number of rotatable bonds is 6. The maximum atomic E-state index is 5.96. The van der Waals surface area contributed by atoms with Gasteiger partial charge in [0.2, 0.25) is 0 Å². The second-order valence-corrected chi connectivity index (χ2v) is 4.41. The third-order valence-electron chi connectivity index (χ3n) is 2.47. The predicted molar refractivity (Wildman–Crippen MR) is 91.7 cm³/mol. The second-order valence-electron chi connectivity index (χ2n) is 4.00. The molecule has 1 atom stereocenters. The van der Waals surface area contributed by atoms with Crippen LogP contribution in [0.15, 0.2) is 29.3 Å². The van der Waals surface area contributed by atoms with Gasteiger partial charge >= 0.3 is 0 Å². The summed E-state index contributed by atoms with van der Waals surface area (Å²) >= 11 is 5.96. The van der Waals surface area contributed by atoms with Gasteiger partial charge in [0.1, 0.15) is 12.4 Å². The number of guanidine groups is 1. The number of ether oxygens (including phenoxy) is 1. The molecule has 0 amide bonds. The number of para-hydroxylation sites is 1. The van der Waals surface area contributed by atoms with Gasteiger partial charge in [0.05, 0.1) is 11.6 Å². The van der Waals surface area contributed by atoms with E-state index in [0.717, 1.165) is 6.42 Å². The molecule has 0 aliphatic heterocycles. The third-order valence-corrected chi connectivity index (χ3v) is 2.79. The molecule has 4 nitrogen and oxygen atoms in total. The zero-order chi connectivity index (χ0) is 13.4. The molecule has 0 heterocycles. The molecule has 0 saturated carbocycles. The summed E-state index contributed by atoms with van der Waals surface area (Å²) in [5.41, 5.74) is 5.72. The standard InChI is InChI=1S/C13H20ClN3O.HI/c1-3-10(2)17-13(15)16-8-9-18-12-7-5-4-6-11(12)14;/h4-7,10H,3,8-9H2,1-2H3,(H3,15,16,17);1H. The van der Waals surface area contributed by atoms with Crippen molar-refractivity contribution >= 4 is 41.5 Å². The van der Waals surface area contributed by atoms with Gasteiger partial charge in [-0.05, 0) is 25.5 Å². The van der Waals surface area contributed by atoms with E-state index in [-0.39, 0.29) is 24.0 Å². The maximum Gasteiger partial charge on any atom is 0.188 e. The van der Waals surface area contributed by atoms with Crippen LogP contribution in [0.25, 0.3) is 0 Å². The van der Waals surface area contributed by atoms with Crippen LogP contribution in [0.4, 0.5) is 0 Å². The van der Waals surface area contributed by atoms with Crippen molar-refractivity contribution in [2.45, 2.75) is 26.3 Å². The monoisotopic (exact) mass is 397 g/mol. The first kappa shape index (κ1) is 18.3. The molecule has 1 rings (SSSR count). The highest BCUT2D eigenvalue weighted by atomic mass is 127. The van der Waals surface area contributed by atoms with Crippen molar-refractivity contribution < 1.29 is 4.74 Å². The molecule has 6 heteroatoms. The van der Waals surface area contributed by atoms with Crippen LogP contribution in [0.3, 0.4) is 0 Å². The molecule has 19 heavy (non-hydrogen) atoms. The molecular formula is C13H21ClIN3O. The summed E-state index contributed by atoms with van der Waals surface area (Å²) in [6, 6.07) is 7.69. The SMILES string of the molecule is CCC(C)NC(N)=NCCOc1ccccc1Cl.I. The highest BCUT2D eigenvalue weighted by Gasteiger charge is 2.00. The van der Waals surface area contributed by atoms with Crippen LogP contribution in [-0.4, -0.2) is 25.2 Å². The fourth-order valence-corrected chi connectivity index (χ4v) is 1.47. The number of nitrogens with one attached hydrogen (secondary N) is 1. The van der Waals surface area contributed by atoms with Crippen molar-refractivity contribution in [2.24, 2.45) is 10.7 Å². The van der Waals surface area contributed by atoms with Crippen molar-refractivity contribution in [1.29, 1.82) is 0 Å². The van der Waals surface area contributed by atoms with Crippen LogP contribution in [-0.2, 0) is 0 Å². The van der Waals surface area contributed by atoms with Gasteiger partial charge in [0.25, 0.3) is 0 Å². The lowest BCUT2D eigenvalue weighted by atomic mass is 10.3. The van der Waals surface area contributed by atoms with Gasteiger partial charge in [-0.2, -0.15) is 0 Å². The largest absolute Gasteiger partial charge is 0.490 e. The summed E-state index contributed by atoms with van der Waals surface area (Å²) in [6.45, 7) is 5.10. The third kappa shape index (κ3) is 7.47. The highest BCUT2D eigenvalue weighted by molar-refractivity contribution is 14.0. The van der Waals surface area contributed by atoms with E-state index in [0.29, 0.717) is 35.9 Å². The first-order chi connectivity index (χ1) is 8.63. The average molecular weight is 398 g/mol. The zero-order valence-corrected chi connectivity index (χ0v) is 14.3. The number of hydrogen-bond acceptors (Lipinski definition) is 2. The number of nitrogens with zero attached hydrogens (tertiary/aromatic N) is 1. The first-order valence-corrected chi connectivity index (χ1v) is 6.45. The van der Waals surface area contributed by atoms with E-state index in [2.05, 4.69) is 24.2 Å². The number of hydrogen-bond donors (Lipinski definition) is 2. The van der Waals surface area contributed by atoms with Gasteiger partial charge in [0.15, 0.2) is 5.96 Å². The molecule has 0 spiro atoms. The molecule has 0 aliphatic carbocycles. The van der Waals surface area contributed by atoms with Gasteiger partial charge in [0, 0.05) is 6.04 Å². The van der Waals surface area contributed by atoms with Gasteiger partial charge < -0.3 is 15.8 Å². The van der Waals surface area contributed by atoms with E-state index in [4.69, 9.17) is 22.1 Å². The molecule has 1 aromatic carbocycles. The van der Waals surface area contributed by atoms with Crippen molar-refractivity contribution in [1.82, 2.24) is 5.32 Å². The quantitative estimate of drug-likeness (QED) is 0.336. The van der Waals surface area contributed by atoms with Crippen LogP contribution in [0.5, 0.6) is 5.75 Å². The van der Waals surface area contributed by atoms with E-state index < -0.39 is 0 Å². The predicted octanol–water partition coefficient (Wildman–Crippen LogP) is 3.04. The van der Waals surface area contributed by atoms with Crippen LogP contribution in [0, 0.1) is 0 Å². The Hall–Kier alpha value is -0.690. The molecule has 0 radical (unpaired) electrons. The zero-order valence-electron chi connectivity index (χ0n) is 11.2. The molecular weight excluding hydrogens is 377 g/mol. The molecule has 0 aliphatic rings. The van der Waals surface area contributed by atoms with Gasteiger partial charge in [-0.3, -0.25) is 0 Å². The Kier molecular flexibility index (Phi) is 9.77. The number of nitrogens with two attached hydrogens (primary N) is 1. The normalized spacial score (nSPS) is 12.5. The van der Waals surface area contributed by atoms with Crippen LogP contribution in [0.1, 0.15) is 20.3 Å². The van der Waals surface area contributed by atoms with Crippen LogP contribution >= 0.6 is 35.6 Å². The van der Waals surface area contributed by atoms with Crippen molar-refractivity contribution in [2.75, 3.05) is 13.2 Å². The van der Waals surface area contributed by atoms with Crippen molar-refractivity contribution in [3.63, 3.8) is 0 Å². The Morgan fingerprint density at radius 2 is 2.16 bits per heavy atom. The number of halogens is 2. The molecule has 108 valence electrons. The molecule has 3 N–H and O–H groups in total. The van der Waals surface area contributed by atoms with Crippen molar-refractivity contribution in [3.8, 4) is 5.75 Å². The van der Waals surface area contributed by atoms with Gasteiger partial charge in [-0.25, -0.2) is 4.99 Å². The topological polar surface area (TPSA) is 59.6 Å². The van der Waals surface area contributed by atoms with Gasteiger partial charge in [-0.1, -0.05) is 30.7 Å². The minimum Gasteiger partial charge on any atom is -0.490 e. The Bertz CT molecular complexity index is 401. The van der Waals surface area contributed by atoms with Crippen LogP contribution < -0.4 is 15.8 Å². The van der Waals surface area contributed by atoms with E-state index in [1.54, 1.807) is 6.07 Å². The smallest absolute Gasteiger partial charge is 0.188 e.